The molecule has 0 N–H and O–H groups in total. The molecule has 28 heavy (non-hydrogen) atoms. The number of nitrogens with zero attached hydrogens (tertiary/aromatic N) is 2. The SMILES string of the molecule is C[n+]1ccc(C=C2Sc3ccccc3N2CCCC(=O)[O-])c2ccccc21.[Br-]. The van der Waals surface area contributed by atoms with E-state index in [9.17, 15) is 9.90 Å². The third kappa shape index (κ3) is 4.08. The maximum Gasteiger partial charge on any atom is 0.212 e. The molecule has 0 radical (unpaired) electrons. The van der Waals surface area contributed by atoms with Crippen LogP contribution in [-0.2, 0) is 11.8 Å². The topological polar surface area (TPSA) is 47.2 Å². The van der Waals surface area contributed by atoms with Crippen LogP contribution in [0.5, 0.6) is 0 Å². The zero-order valence-corrected chi connectivity index (χ0v) is 17.9. The number of aryl methyl sites for hydroxylation is 1. The van der Waals surface area contributed by atoms with Crippen LogP contribution in [0.25, 0.3) is 17.0 Å². The molecule has 0 aliphatic carbocycles. The summed E-state index contributed by atoms with van der Waals surface area (Å²) in [6.07, 6.45) is 4.90. The number of rotatable bonds is 5. The van der Waals surface area contributed by atoms with Crippen molar-refractivity contribution in [2.45, 2.75) is 17.7 Å². The van der Waals surface area contributed by atoms with Crippen LogP contribution in [0.3, 0.4) is 0 Å². The van der Waals surface area contributed by atoms with E-state index in [1.54, 1.807) is 11.8 Å². The number of halogens is 1. The van der Waals surface area contributed by atoms with Crippen LogP contribution in [-0.4, -0.2) is 12.5 Å². The number of hydrogen-bond donors (Lipinski definition) is 0. The number of pyridine rings is 1. The zero-order chi connectivity index (χ0) is 18.8. The highest BCUT2D eigenvalue weighted by atomic mass is 79.9. The summed E-state index contributed by atoms with van der Waals surface area (Å²) in [7, 11) is 2.05. The summed E-state index contributed by atoms with van der Waals surface area (Å²) in [6, 6.07) is 18.7. The van der Waals surface area contributed by atoms with Gasteiger partial charge in [-0.05, 0) is 42.7 Å². The Labute approximate surface area is 179 Å². The molecule has 0 unspecified atom stereocenters. The number of carboxylic acid groups (broad SMARTS) is 1. The van der Waals surface area contributed by atoms with Gasteiger partial charge in [0.1, 0.15) is 7.05 Å². The van der Waals surface area contributed by atoms with Crippen molar-refractivity contribution in [2.75, 3.05) is 11.4 Å². The molecule has 1 aromatic heterocycles. The van der Waals surface area contributed by atoms with Crippen molar-refractivity contribution in [2.24, 2.45) is 7.05 Å². The second-order valence-corrected chi connectivity index (χ2v) is 7.64. The standard InChI is InChI=1S/C22H20N2O2S.BrH/c1-23-14-12-16(17-7-2-3-8-18(17)23)15-21-24(13-6-11-22(25)26)19-9-4-5-10-20(19)27-21;/h2-5,7-10,12,14-15H,6,11,13H2,1H3;1H/p-1. The summed E-state index contributed by atoms with van der Waals surface area (Å²) in [6.45, 7) is 0.655. The number of carboxylic acids is 1. The Kier molecular flexibility index (Phi) is 6.42. The number of anilines is 1. The fraction of sp³-hybridized carbons (Fsp3) is 0.182. The monoisotopic (exact) mass is 455 g/mol. The molecular formula is C22H20BrN2O2S-. The van der Waals surface area contributed by atoms with Crippen LogP contribution in [0.1, 0.15) is 18.4 Å². The van der Waals surface area contributed by atoms with Gasteiger partial charge in [-0.3, -0.25) is 0 Å². The Bertz CT molecular complexity index is 1050. The largest absolute Gasteiger partial charge is 1.00 e. The lowest BCUT2D eigenvalue weighted by Gasteiger charge is -2.20. The molecule has 2 heterocycles. The first-order valence-electron chi connectivity index (χ1n) is 8.97. The first-order valence-corrected chi connectivity index (χ1v) is 9.78. The molecular weight excluding hydrogens is 436 g/mol. The number of carbonyl (C=O) groups excluding carboxylic acids is 1. The van der Waals surface area contributed by atoms with E-state index in [-0.39, 0.29) is 23.4 Å². The van der Waals surface area contributed by atoms with Crippen LogP contribution >= 0.6 is 11.8 Å². The molecule has 0 fully saturated rings. The summed E-state index contributed by atoms with van der Waals surface area (Å²) in [5.41, 5.74) is 3.47. The van der Waals surface area contributed by atoms with Crippen molar-refractivity contribution < 1.29 is 31.4 Å². The van der Waals surface area contributed by atoms with Crippen LogP contribution in [0.15, 0.2) is 70.7 Å². The summed E-state index contributed by atoms with van der Waals surface area (Å²) < 4.78 is 2.12. The molecule has 0 spiro atoms. The second kappa shape index (κ2) is 8.80. The number of benzene rings is 2. The number of para-hydroxylation sites is 2. The minimum absolute atomic E-state index is 0. The lowest BCUT2D eigenvalue weighted by molar-refractivity contribution is -0.644. The van der Waals surface area contributed by atoms with Gasteiger partial charge in [-0.2, -0.15) is 0 Å². The van der Waals surface area contributed by atoms with Crippen LogP contribution in [0.4, 0.5) is 5.69 Å². The first-order chi connectivity index (χ1) is 13.1. The normalized spacial score (nSPS) is 14.2. The van der Waals surface area contributed by atoms with Crippen molar-refractivity contribution in [3.8, 4) is 0 Å². The van der Waals surface area contributed by atoms with Gasteiger partial charge in [0.2, 0.25) is 5.52 Å². The van der Waals surface area contributed by atoms with Gasteiger partial charge in [0.05, 0.1) is 16.1 Å². The van der Waals surface area contributed by atoms with E-state index in [4.69, 9.17) is 0 Å². The quantitative estimate of drug-likeness (QED) is 0.512. The molecule has 1 aliphatic heterocycles. The Balaban J connectivity index is 0.00000225. The van der Waals surface area contributed by atoms with Crippen LogP contribution in [0, 0.1) is 0 Å². The minimum Gasteiger partial charge on any atom is -1.00 e. The molecule has 0 atom stereocenters. The molecule has 144 valence electrons. The van der Waals surface area contributed by atoms with Crippen LogP contribution < -0.4 is 31.6 Å². The van der Waals surface area contributed by atoms with E-state index >= 15 is 0 Å². The van der Waals surface area contributed by atoms with Crippen molar-refractivity contribution in [3.05, 3.63) is 71.4 Å². The fourth-order valence-corrected chi connectivity index (χ4v) is 4.56. The molecule has 6 heteroatoms. The van der Waals surface area contributed by atoms with Gasteiger partial charge >= 0.3 is 0 Å². The molecule has 0 saturated carbocycles. The van der Waals surface area contributed by atoms with Gasteiger partial charge < -0.3 is 31.8 Å². The summed E-state index contributed by atoms with van der Waals surface area (Å²) >= 11 is 1.73. The number of carbonyl (C=O) groups is 1. The number of fused-ring (bicyclic) bond motifs is 2. The summed E-state index contributed by atoms with van der Waals surface area (Å²) in [5.74, 6) is -0.998. The molecule has 3 aromatic rings. The van der Waals surface area contributed by atoms with E-state index in [0.29, 0.717) is 13.0 Å². The van der Waals surface area contributed by atoms with Crippen LogP contribution in [0.2, 0.25) is 0 Å². The summed E-state index contributed by atoms with van der Waals surface area (Å²) in [5, 5.41) is 13.1. The Hall–Kier alpha value is -2.31. The van der Waals surface area contributed by atoms with Crippen molar-refractivity contribution in [1.29, 1.82) is 0 Å². The molecule has 4 rings (SSSR count). The zero-order valence-electron chi connectivity index (χ0n) is 15.5. The molecule has 4 nitrogen and oxygen atoms in total. The van der Waals surface area contributed by atoms with Gasteiger partial charge in [-0.15, -0.1) is 0 Å². The van der Waals surface area contributed by atoms with Gasteiger partial charge in [0.25, 0.3) is 0 Å². The minimum atomic E-state index is -0.998. The lowest BCUT2D eigenvalue weighted by Crippen LogP contribution is -3.00. The Morgan fingerprint density at radius 2 is 1.89 bits per heavy atom. The van der Waals surface area contributed by atoms with Crippen molar-refractivity contribution in [3.63, 3.8) is 0 Å². The van der Waals surface area contributed by atoms with Gasteiger partial charge in [-0.25, -0.2) is 4.57 Å². The molecule has 0 amide bonds. The second-order valence-electron chi connectivity index (χ2n) is 6.58. The number of hydrogen-bond acceptors (Lipinski definition) is 4. The van der Waals surface area contributed by atoms with Gasteiger partial charge in [0, 0.05) is 29.5 Å². The first kappa shape index (κ1) is 20.4. The predicted octanol–water partition coefficient (Wildman–Crippen LogP) is 0.109. The fourth-order valence-electron chi connectivity index (χ4n) is 3.42. The average Bonchev–Trinajstić information content (AvgIpc) is 3.01. The predicted molar refractivity (Wildman–Crippen MR) is 107 cm³/mol. The number of aromatic nitrogens is 1. The summed E-state index contributed by atoms with van der Waals surface area (Å²) in [4.78, 5) is 14.2. The van der Waals surface area contributed by atoms with E-state index in [1.165, 1.54) is 15.8 Å². The molecule has 2 aromatic carbocycles. The highest BCUT2D eigenvalue weighted by Crippen LogP contribution is 2.46. The number of thioether (sulfide) groups is 1. The van der Waals surface area contributed by atoms with E-state index in [2.05, 4.69) is 58.1 Å². The highest BCUT2D eigenvalue weighted by Gasteiger charge is 2.24. The molecule has 1 aliphatic rings. The van der Waals surface area contributed by atoms with Crippen molar-refractivity contribution in [1.82, 2.24) is 0 Å². The van der Waals surface area contributed by atoms with Crippen molar-refractivity contribution >= 4 is 40.4 Å². The molecule has 0 bridgehead atoms. The smallest absolute Gasteiger partial charge is 0.212 e. The highest BCUT2D eigenvalue weighted by molar-refractivity contribution is 8.03. The lowest BCUT2D eigenvalue weighted by atomic mass is 10.1. The average molecular weight is 456 g/mol. The maximum atomic E-state index is 10.8. The third-order valence-electron chi connectivity index (χ3n) is 4.75. The Morgan fingerprint density at radius 1 is 1.14 bits per heavy atom. The third-order valence-corrected chi connectivity index (χ3v) is 5.86. The van der Waals surface area contributed by atoms with Gasteiger partial charge in [-0.1, -0.05) is 36.0 Å². The van der Waals surface area contributed by atoms with E-state index < -0.39 is 5.97 Å². The number of aliphatic carboxylic acids is 1. The maximum absolute atomic E-state index is 10.8. The Morgan fingerprint density at radius 3 is 2.71 bits per heavy atom. The van der Waals surface area contributed by atoms with E-state index in [1.807, 2.05) is 25.2 Å². The van der Waals surface area contributed by atoms with Gasteiger partial charge in [0.15, 0.2) is 6.20 Å². The van der Waals surface area contributed by atoms with E-state index in [0.717, 1.165) is 16.3 Å². The molecule has 0 saturated heterocycles.